The molecule has 0 spiro atoms. The molecule has 9 heteroatoms. The zero-order chi connectivity index (χ0) is 26.3. The van der Waals surface area contributed by atoms with E-state index in [9.17, 15) is 19.2 Å². The molecule has 4 N–H and O–H groups in total. The third-order valence-corrected chi connectivity index (χ3v) is 4.54. The van der Waals surface area contributed by atoms with Gasteiger partial charge >= 0.3 is 6.09 Å². The number of nitrogens with one attached hydrogen (secondary N) is 2. The normalized spacial score (nSPS) is 13.3. The highest BCUT2D eigenvalue weighted by molar-refractivity contribution is 5.94. The highest BCUT2D eigenvalue weighted by Crippen LogP contribution is 2.26. The molecule has 2 atom stereocenters. The molecule has 0 heterocycles. The van der Waals surface area contributed by atoms with E-state index in [1.54, 1.807) is 32.9 Å². The number of primary amides is 1. The minimum absolute atomic E-state index is 0.0132. The molecule has 0 aliphatic rings. The Hall–Kier alpha value is -3.36. The average molecular weight is 475 g/mol. The summed E-state index contributed by atoms with van der Waals surface area (Å²) in [5, 5.41) is 5.35. The number of carbonyl (C=O) groups excluding carboxylic acids is 4. The van der Waals surface area contributed by atoms with Crippen LogP contribution in [0, 0.1) is 6.92 Å². The largest absolute Gasteiger partial charge is 0.444 e. The second-order valence-electron chi connectivity index (χ2n) is 10.1. The molecule has 1 aromatic carbocycles. The van der Waals surface area contributed by atoms with E-state index in [0.717, 1.165) is 5.56 Å². The van der Waals surface area contributed by atoms with Gasteiger partial charge in [0.05, 0.1) is 6.42 Å². The molecule has 0 fully saturated rings. The molecule has 4 amide bonds. The SMILES string of the molecule is C=CCN(C(=O)C(CC(N)=O)NC(=O)OC(C)(C)C)C(C(=O)NC(C)(C)C)c1ccccc1C. The lowest BCUT2D eigenvalue weighted by Crippen LogP contribution is -2.55. The van der Waals surface area contributed by atoms with Gasteiger partial charge in [-0.05, 0) is 59.6 Å². The number of hydrogen-bond donors (Lipinski definition) is 3. The Morgan fingerprint density at radius 2 is 1.71 bits per heavy atom. The first kappa shape index (κ1) is 28.7. The predicted octanol–water partition coefficient (Wildman–Crippen LogP) is 2.73. The number of nitrogens with zero attached hydrogens (tertiary/aromatic N) is 1. The van der Waals surface area contributed by atoms with Crippen molar-refractivity contribution < 1.29 is 23.9 Å². The van der Waals surface area contributed by atoms with Crippen LogP contribution >= 0.6 is 0 Å². The number of amides is 4. The fraction of sp³-hybridized carbons (Fsp3) is 0.520. The number of aryl methyl sites for hydroxylation is 1. The summed E-state index contributed by atoms with van der Waals surface area (Å²) in [6.45, 7) is 16.1. The number of rotatable bonds is 9. The second-order valence-corrected chi connectivity index (χ2v) is 10.1. The summed E-state index contributed by atoms with van der Waals surface area (Å²) in [6, 6.07) is 4.83. The summed E-state index contributed by atoms with van der Waals surface area (Å²) >= 11 is 0. The molecule has 0 aliphatic carbocycles. The van der Waals surface area contributed by atoms with Crippen molar-refractivity contribution >= 4 is 23.8 Å². The van der Waals surface area contributed by atoms with Crippen LogP contribution in [0.5, 0.6) is 0 Å². The molecule has 1 aromatic rings. The molecule has 9 nitrogen and oxygen atoms in total. The molecule has 0 aliphatic heterocycles. The zero-order valence-corrected chi connectivity index (χ0v) is 21.2. The van der Waals surface area contributed by atoms with Crippen LogP contribution in [0.3, 0.4) is 0 Å². The van der Waals surface area contributed by atoms with Gasteiger partial charge in [0.1, 0.15) is 17.7 Å². The molecule has 0 saturated heterocycles. The van der Waals surface area contributed by atoms with E-state index in [1.165, 1.54) is 11.0 Å². The fourth-order valence-corrected chi connectivity index (χ4v) is 3.30. The van der Waals surface area contributed by atoms with Crippen LogP contribution in [0.15, 0.2) is 36.9 Å². The van der Waals surface area contributed by atoms with Gasteiger partial charge in [-0.1, -0.05) is 30.3 Å². The first-order valence-electron chi connectivity index (χ1n) is 11.1. The predicted molar refractivity (Wildman–Crippen MR) is 131 cm³/mol. The average Bonchev–Trinajstić information content (AvgIpc) is 2.64. The van der Waals surface area contributed by atoms with Crippen LogP contribution in [0.2, 0.25) is 0 Å². The lowest BCUT2D eigenvalue weighted by Gasteiger charge is -2.35. The summed E-state index contributed by atoms with van der Waals surface area (Å²) in [7, 11) is 0. The van der Waals surface area contributed by atoms with Gasteiger partial charge in [-0.15, -0.1) is 6.58 Å². The quantitative estimate of drug-likeness (QED) is 0.474. The van der Waals surface area contributed by atoms with Crippen LogP contribution in [-0.2, 0) is 19.1 Å². The van der Waals surface area contributed by atoms with Gasteiger partial charge in [-0.25, -0.2) is 4.79 Å². The number of hydrogen-bond acceptors (Lipinski definition) is 5. The standard InChI is InChI=1S/C25H38N4O5/c1-9-14-29(22(32)18(15-19(26)30)27-23(33)34-25(6,7)8)20(21(31)28-24(3,4)5)17-13-11-10-12-16(17)2/h9-13,18,20H,1,14-15H2,2-8H3,(H2,26,30)(H,27,33)(H,28,31). The van der Waals surface area contributed by atoms with Crippen molar-refractivity contribution in [3.05, 3.63) is 48.0 Å². The third-order valence-electron chi connectivity index (χ3n) is 4.54. The lowest BCUT2D eigenvalue weighted by atomic mass is 9.96. The molecule has 1 rings (SSSR count). The van der Waals surface area contributed by atoms with Crippen molar-refractivity contribution in [2.24, 2.45) is 5.73 Å². The Bertz CT molecular complexity index is 915. The van der Waals surface area contributed by atoms with Crippen LogP contribution in [0.1, 0.15) is 65.1 Å². The Morgan fingerprint density at radius 1 is 1.12 bits per heavy atom. The minimum Gasteiger partial charge on any atom is -0.444 e. The van der Waals surface area contributed by atoms with Crippen molar-refractivity contribution in [2.75, 3.05) is 6.54 Å². The van der Waals surface area contributed by atoms with Crippen molar-refractivity contribution in [3.8, 4) is 0 Å². The number of benzene rings is 1. The Kier molecular flexibility index (Phi) is 9.84. The maximum atomic E-state index is 13.7. The van der Waals surface area contributed by atoms with Crippen LogP contribution < -0.4 is 16.4 Å². The summed E-state index contributed by atoms with van der Waals surface area (Å²) in [4.78, 5) is 52.5. The molecule has 0 saturated carbocycles. The van der Waals surface area contributed by atoms with Gasteiger partial charge in [0, 0.05) is 12.1 Å². The molecule has 0 radical (unpaired) electrons. The third kappa shape index (κ3) is 9.25. The van der Waals surface area contributed by atoms with E-state index < -0.39 is 53.5 Å². The summed E-state index contributed by atoms with van der Waals surface area (Å²) in [5.74, 6) is -1.87. The molecular weight excluding hydrogens is 436 g/mol. The Morgan fingerprint density at radius 3 is 2.18 bits per heavy atom. The summed E-state index contributed by atoms with van der Waals surface area (Å²) < 4.78 is 5.24. The monoisotopic (exact) mass is 474 g/mol. The molecule has 188 valence electrons. The van der Waals surface area contributed by atoms with Crippen molar-refractivity contribution in [3.63, 3.8) is 0 Å². The van der Waals surface area contributed by atoms with E-state index in [0.29, 0.717) is 5.56 Å². The highest BCUT2D eigenvalue weighted by atomic mass is 16.6. The van der Waals surface area contributed by atoms with Gasteiger partial charge in [0.25, 0.3) is 0 Å². The van der Waals surface area contributed by atoms with E-state index >= 15 is 0 Å². The smallest absolute Gasteiger partial charge is 0.408 e. The Labute approximate surface area is 202 Å². The highest BCUT2D eigenvalue weighted by Gasteiger charge is 2.37. The van der Waals surface area contributed by atoms with Crippen LogP contribution in [0.25, 0.3) is 0 Å². The van der Waals surface area contributed by atoms with E-state index in [-0.39, 0.29) is 6.54 Å². The number of nitrogens with two attached hydrogens (primary N) is 1. The number of carbonyl (C=O) groups is 4. The number of ether oxygens (including phenoxy) is 1. The van der Waals surface area contributed by atoms with E-state index in [2.05, 4.69) is 17.2 Å². The topological polar surface area (TPSA) is 131 Å². The molecule has 2 unspecified atom stereocenters. The van der Waals surface area contributed by atoms with Crippen LogP contribution in [-0.4, -0.2) is 52.4 Å². The van der Waals surface area contributed by atoms with Crippen molar-refractivity contribution in [1.82, 2.24) is 15.5 Å². The molecule has 34 heavy (non-hydrogen) atoms. The number of alkyl carbamates (subject to hydrolysis) is 1. The lowest BCUT2D eigenvalue weighted by molar-refractivity contribution is -0.143. The maximum Gasteiger partial charge on any atom is 0.408 e. The Balaban J connectivity index is 3.50. The minimum atomic E-state index is -1.33. The second kappa shape index (κ2) is 11.7. The van der Waals surface area contributed by atoms with Crippen LogP contribution in [0.4, 0.5) is 4.79 Å². The first-order chi connectivity index (χ1) is 15.6. The molecular formula is C25H38N4O5. The zero-order valence-electron chi connectivity index (χ0n) is 21.2. The fourth-order valence-electron chi connectivity index (χ4n) is 3.30. The first-order valence-corrected chi connectivity index (χ1v) is 11.1. The van der Waals surface area contributed by atoms with Gasteiger partial charge in [-0.2, -0.15) is 0 Å². The van der Waals surface area contributed by atoms with Gasteiger partial charge in [0.2, 0.25) is 17.7 Å². The van der Waals surface area contributed by atoms with E-state index in [1.807, 2.05) is 39.8 Å². The molecule has 0 aromatic heterocycles. The van der Waals surface area contributed by atoms with Gasteiger partial charge in [-0.3, -0.25) is 14.4 Å². The summed E-state index contributed by atoms with van der Waals surface area (Å²) in [5.41, 5.74) is 5.38. The molecule has 0 bridgehead atoms. The van der Waals surface area contributed by atoms with Crippen molar-refractivity contribution in [2.45, 2.75) is 78.1 Å². The summed E-state index contributed by atoms with van der Waals surface area (Å²) in [6.07, 6.45) is 0.132. The van der Waals surface area contributed by atoms with Gasteiger partial charge in [0.15, 0.2) is 0 Å². The van der Waals surface area contributed by atoms with Crippen molar-refractivity contribution in [1.29, 1.82) is 0 Å². The van der Waals surface area contributed by atoms with Gasteiger partial charge < -0.3 is 26.0 Å². The van der Waals surface area contributed by atoms with E-state index in [4.69, 9.17) is 10.5 Å². The maximum absolute atomic E-state index is 13.7.